The molecular weight excluding hydrogens is 432 g/mol. The maximum absolute atomic E-state index is 14.6. The average Bonchev–Trinajstić information content (AvgIpc) is 2.70. The van der Waals surface area contributed by atoms with Gasteiger partial charge in [-0.1, -0.05) is 12.1 Å². The number of nitrogens with one attached hydrogen (secondary N) is 1. The summed E-state index contributed by atoms with van der Waals surface area (Å²) in [7, 11) is -4.36. The summed E-state index contributed by atoms with van der Waals surface area (Å²) in [6.07, 6.45) is 4.89. The molecule has 0 saturated heterocycles. The molecular formula is C21H25F2NO6S. The van der Waals surface area contributed by atoms with E-state index in [4.69, 9.17) is 4.74 Å². The molecule has 4 aliphatic carbocycles. The van der Waals surface area contributed by atoms with Crippen molar-refractivity contribution in [3.05, 3.63) is 29.8 Å². The van der Waals surface area contributed by atoms with Crippen LogP contribution in [-0.2, 0) is 19.1 Å². The lowest BCUT2D eigenvalue weighted by Crippen LogP contribution is -2.63. The van der Waals surface area contributed by atoms with E-state index < -0.39 is 39.2 Å². The summed E-state index contributed by atoms with van der Waals surface area (Å²) >= 11 is 0. The van der Waals surface area contributed by atoms with Gasteiger partial charge < -0.3 is 10.1 Å². The number of carbonyl (C=O) groups is 2. The standard InChI is InChI=1S/C21H25F2NO6S/c1-29-18-5-3-2-4-16(18)17(25)12-30-31(27,28)21(22,23)19(26)24-20-9-13-6-14(10-20)8-15(7-13)11-20/h2-5,13-15H,6-12H2,1H3,(H,24,26). The molecule has 170 valence electrons. The number of ether oxygens (including phenoxy) is 1. The molecule has 0 spiro atoms. The van der Waals surface area contributed by atoms with Gasteiger partial charge in [-0.2, -0.15) is 17.2 Å². The Kier molecular flexibility index (Phi) is 5.58. The smallest absolute Gasteiger partial charge is 0.446 e. The van der Waals surface area contributed by atoms with E-state index in [0.717, 1.165) is 19.3 Å². The number of amides is 1. The van der Waals surface area contributed by atoms with Gasteiger partial charge in [0.05, 0.1) is 12.7 Å². The molecule has 1 N–H and O–H groups in total. The third kappa shape index (κ3) is 4.07. The number of para-hydroxylation sites is 1. The zero-order valence-electron chi connectivity index (χ0n) is 17.1. The molecule has 4 fully saturated rings. The SMILES string of the molecule is COc1ccccc1C(=O)COS(=O)(=O)C(F)(F)C(=O)NC12CC3CC(CC(C3)C1)C2. The predicted octanol–water partition coefficient (Wildman–Crippen LogP) is 2.90. The quantitative estimate of drug-likeness (QED) is 0.476. The number of methoxy groups -OCH3 is 1. The lowest BCUT2D eigenvalue weighted by Gasteiger charge is -2.57. The first-order chi connectivity index (χ1) is 14.6. The van der Waals surface area contributed by atoms with Gasteiger partial charge in [0.2, 0.25) is 0 Å². The normalized spacial score (nSPS) is 29.6. The summed E-state index contributed by atoms with van der Waals surface area (Å²) in [5, 5.41) is -2.45. The Hall–Kier alpha value is -2.07. The maximum atomic E-state index is 14.6. The first kappa shape index (κ1) is 22.1. The number of rotatable bonds is 8. The Balaban J connectivity index is 1.43. The van der Waals surface area contributed by atoms with Gasteiger partial charge >= 0.3 is 21.3 Å². The minimum atomic E-state index is -5.67. The van der Waals surface area contributed by atoms with Gasteiger partial charge in [0, 0.05) is 5.54 Å². The number of halogens is 2. The monoisotopic (exact) mass is 457 g/mol. The minimum Gasteiger partial charge on any atom is -0.496 e. The Labute approximate surface area is 179 Å². The van der Waals surface area contributed by atoms with Gasteiger partial charge in [-0.25, -0.2) is 0 Å². The fourth-order valence-corrected chi connectivity index (χ4v) is 6.54. The van der Waals surface area contributed by atoms with E-state index in [0.29, 0.717) is 37.0 Å². The number of carbonyl (C=O) groups excluding carboxylic acids is 2. The van der Waals surface area contributed by atoms with Gasteiger partial charge in [0.15, 0.2) is 5.78 Å². The van der Waals surface area contributed by atoms with Crippen molar-refractivity contribution in [2.24, 2.45) is 17.8 Å². The van der Waals surface area contributed by atoms with Crippen molar-refractivity contribution < 1.29 is 35.7 Å². The lowest BCUT2D eigenvalue weighted by atomic mass is 9.53. The van der Waals surface area contributed by atoms with E-state index in [1.807, 2.05) is 0 Å². The number of hydrogen-bond donors (Lipinski definition) is 1. The topological polar surface area (TPSA) is 98.8 Å². The molecule has 0 atom stereocenters. The summed E-state index contributed by atoms with van der Waals surface area (Å²) in [4.78, 5) is 24.6. The molecule has 7 nitrogen and oxygen atoms in total. The number of ketones is 1. The third-order valence-electron chi connectivity index (χ3n) is 6.75. The minimum absolute atomic E-state index is 0.0125. The van der Waals surface area contributed by atoms with E-state index in [1.54, 1.807) is 6.07 Å². The molecule has 0 aliphatic heterocycles. The zero-order chi connectivity index (χ0) is 22.4. The van der Waals surface area contributed by atoms with Crippen molar-refractivity contribution in [3.63, 3.8) is 0 Å². The van der Waals surface area contributed by atoms with Crippen LogP contribution in [0.25, 0.3) is 0 Å². The van der Waals surface area contributed by atoms with Crippen molar-refractivity contribution in [2.45, 2.75) is 49.3 Å². The van der Waals surface area contributed by atoms with Gasteiger partial charge in [0.1, 0.15) is 12.4 Å². The van der Waals surface area contributed by atoms with Crippen LogP contribution in [0.1, 0.15) is 48.9 Å². The van der Waals surface area contributed by atoms with Crippen LogP contribution in [0.4, 0.5) is 8.78 Å². The van der Waals surface area contributed by atoms with Crippen LogP contribution in [0.5, 0.6) is 5.75 Å². The molecule has 10 heteroatoms. The van der Waals surface area contributed by atoms with Crippen LogP contribution in [0.15, 0.2) is 24.3 Å². The van der Waals surface area contributed by atoms with Gasteiger partial charge in [0.25, 0.3) is 0 Å². The zero-order valence-corrected chi connectivity index (χ0v) is 17.9. The van der Waals surface area contributed by atoms with E-state index in [9.17, 15) is 26.8 Å². The summed E-state index contributed by atoms with van der Waals surface area (Å²) < 4.78 is 62.8. The van der Waals surface area contributed by atoms with Crippen molar-refractivity contribution in [1.82, 2.24) is 5.32 Å². The van der Waals surface area contributed by atoms with Crippen LogP contribution in [0.2, 0.25) is 0 Å². The van der Waals surface area contributed by atoms with Gasteiger partial charge in [-0.05, 0) is 68.4 Å². The maximum Gasteiger partial charge on any atom is 0.446 e. The molecule has 4 bridgehead atoms. The second kappa shape index (κ2) is 7.81. The third-order valence-corrected chi connectivity index (χ3v) is 7.99. The highest BCUT2D eigenvalue weighted by Crippen LogP contribution is 2.55. The molecule has 1 aromatic carbocycles. The highest BCUT2D eigenvalue weighted by Gasteiger charge is 2.58. The van der Waals surface area contributed by atoms with E-state index >= 15 is 0 Å². The highest BCUT2D eigenvalue weighted by molar-refractivity contribution is 7.88. The van der Waals surface area contributed by atoms with Gasteiger partial charge in [-0.15, -0.1) is 0 Å². The second-order valence-electron chi connectivity index (χ2n) is 9.01. The number of benzene rings is 1. The molecule has 1 amide bonds. The fraction of sp³-hybridized carbons (Fsp3) is 0.619. The number of hydrogen-bond acceptors (Lipinski definition) is 6. The van der Waals surface area contributed by atoms with Crippen LogP contribution >= 0.6 is 0 Å². The first-order valence-corrected chi connectivity index (χ1v) is 11.7. The second-order valence-corrected chi connectivity index (χ2v) is 10.7. The Morgan fingerprint density at radius 2 is 1.65 bits per heavy atom. The van der Waals surface area contributed by atoms with Crippen molar-refractivity contribution in [3.8, 4) is 5.75 Å². The molecule has 0 radical (unpaired) electrons. The molecule has 0 aromatic heterocycles. The Morgan fingerprint density at radius 1 is 1.10 bits per heavy atom. The van der Waals surface area contributed by atoms with Gasteiger partial charge in [-0.3, -0.25) is 13.8 Å². The van der Waals surface area contributed by atoms with E-state index in [-0.39, 0.29) is 11.3 Å². The van der Waals surface area contributed by atoms with E-state index in [1.165, 1.54) is 25.3 Å². The largest absolute Gasteiger partial charge is 0.496 e. The molecule has 1 aromatic rings. The summed E-state index contributed by atoms with van der Waals surface area (Å²) in [5.74, 6) is -1.46. The van der Waals surface area contributed by atoms with Crippen molar-refractivity contribution in [1.29, 1.82) is 0 Å². The molecule has 31 heavy (non-hydrogen) atoms. The van der Waals surface area contributed by atoms with Crippen LogP contribution < -0.4 is 10.1 Å². The first-order valence-electron chi connectivity index (χ1n) is 10.3. The van der Waals surface area contributed by atoms with Crippen LogP contribution in [-0.4, -0.2) is 44.6 Å². The lowest BCUT2D eigenvalue weighted by molar-refractivity contribution is -0.142. The molecule has 4 aliphatic rings. The van der Waals surface area contributed by atoms with Crippen molar-refractivity contribution in [2.75, 3.05) is 13.7 Å². The Bertz CT molecular complexity index is 958. The average molecular weight is 457 g/mol. The van der Waals surface area contributed by atoms with E-state index in [2.05, 4.69) is 9.50 Å². The predicted molar refractivity (Wildman–Crippen MR) is 106 cm³/mol. The fourth-order valence-electron chi connectivity index (χ4n) is 5.85. The Morgan fingerprint density at radius 3 is 2.19 bits per heavy atom. The molecule has 5 rings (SSSR count). The molecule has 4 saturated carbocycles. The molecule has 0 unspecified atom stereocenters. The van der Waals surface area contributed by atoms with Crippen LogP contribution in [0, 0.1) is 17.8 Å². The number of alkyl halides is 2. The number of Topliss-reactive ketones (excluding diaryl/α,β-unsaturated/α-hetero) is 1. The van der Waals surface area contributed by atoms with Crippen LogP contribution in [0.3, 0.4) is 0 Å². The summed E-state index contributed by atoms with van der Waals surface area (Å²) in [6, 6.07) is 5.93. The van der Waals surface area contributed by atoms with Crippen molar-refractivity contribution >= 4 is 21.8 Å². The highest BCUT2D eigenvalue weighted by atomic mass is 32.2. The molecule has 0 heterocycles. The summed E-state index contributed by atoms with van der Waals surface area (Å²) in [6.45, 7) is -1.16. The summed E-state index contributed by atoms with van der Waals surface area (Å²) in [5.41, 5.74) is -0.792.